The average molecular weight is 436 g/mol. The highest BCUT2D eigenvalue weighted by atomic mass is 32.1. The lowest BCUT2D eigenvalue weighted by Crippen LogP contribution is -2.64. The number of hydrogen-bond acceptors (Lipinski definition) is 4. The number of anilines is 1. The number of carbonyl (C=O) groups excluding carboxylic acids is 1. The Bertz CT molecular complexity index is 1080. The molecule has 1 N–H and O–H groups in total. The molecule has 2 bridgehead atoms. The lowest BCUT2D eigenvalue weighted by molar-refractivity contribution is -0.0501. The van der Waals surface area contributed by atoms with Crippen molar-refractivity contribution in [3.63, 3.8) is 0 Å². The molecular formula is C25H26FN3OS. The highest BCUT2D eigenvalue weighted by molar-refractivity contribution is 7.13. The van der Waals surface area contributed by atoms with Crippen LogP contribution in [0.2, 0.25) is 0 Å². The van der Waals surface area contributed by atoms with Crippen LogP contribution >= 0.6 is 11.3 Å². The summed E-state index contributed by atoms with van der Waals surface area (Å²) in [4.78, 5) is 20.5. The molecule has 3 aromatic rings. The monoisotopic (exact) mass is 435 g/mol. The summed E-state index contributed by atoms with van der Waals surface area (Å²) in [6.07, 6.45) is 3.94. The quantitative estimate of drug-likeness (QED) is 0.567. The second-order valence-electron chi connectivity index (χ2n) is 8.80. The summed E-state index contributed by atoms with van der Waals surface area (Å²) in [5.74, 6) is 0.929. The molecule has 3 heterocycles. The Morgan fingerprint density at radius 2 is 2.00 bits per heavy atom. The Kier molecular flexibility index (Phi) is 5.26. The van der Waals surface area contributed by atoms with Crippen LogP contribution in [0.3, 0.4) is 0 Å². The Balaban J connectivity index is 1.45. The van der Waals surface area contributed by atoms with Crippen LogP contribution in [-0.4, -0.2) is 34.4 Å². The van der Waals surface area contributed by atoms with Gasteiger partial charge in [-0.3, -0.25) is 4.79 Å². The summed E-state index contributed by atoms with van der Waals surface area (Å²) in [6.45, 7) is 4.94. The van der Waals surface area contributed by atoms with Crippen molar-refractivity contribution in [1.82, 2.24) is 9.88 Å². The largest absolute Gasteiger partial charge is 0.383 e. The Morgan fingerprint density at radius 3 is 2.71 bits per heavy atom. The molecule has 31 heavy (non-hydrogen) atoms. The lowest BCUT2D eigenvalue weighted by Gasteiger charge is -2.57. The van der Waals surface area contributed by atoms with E-state index in [1.807, 2.05) is 30.5 Å². The van der Waals surface area contributed by atoms with Crippen LogP contribution in [0.15, 0.2) is 54.0 Å². The molecular weight excluding hydrogens is 409 g/mol. The van der Waals surface area contributed by atoms with E-state index in [4.69, 9.17) is 0 Å². The second-order valence-corrected chi connectivity index (χ2v) is 9.69. The molecule has 160 valence electrons. The molecule has 1 amide bonds. The number of carbonyl (C=O) groups is 1. The summed E-state index contributed by atoms with van der Waals surface area (Å²) in [5, 5.41) is 6.25. The molecule has 1 aromatic heterocycles. The zero-order chi connectivity index (χ0) is 21.5. The first-order chi connectivity index (χ1) is 15.0. The number of piperidine rings is 2. The van der Waals surface area contributed by atoms with Crippen molar-refractivity contribution in [2.24, 2.45) is 11.8 Å². The van der Waals surface area contributed by atoms with Gasteiger partial charge in [-0.25, -0.2) is 9.37 Å². The Morgan fingerprint density at radius 1 is 1.23 bits per heavy atom. The maximum absolute atomic E-state index is 13.9. The van der Waals surface area contributed by atoms with Crippen molar-refractivity contribution in [3.8, 4) is 10.6 Å². The molecule has 0 radical (unpaired) electrons. The fraction of sp³-hybridized carbons (Fsp3) is 0.360. The highest BCUT2D eigenvalue weighted by Gasteiger charge is 2.50. The number of hydrogen-bond donors (Lipinski definition) is 1. The number of fused-ring (bicyclic) bond motifs is 2. The van der Waals surface area contributed by atoms with Crippen molar-refractivity contribution in [2.75, 3.05) is 11.9 Å². The van der Waals surface area contributed by atoms with Gasteiger partial charge in [0.1, 0.15) is 10.8 Å². The summed E-state index contributed by atoms with van der Waals surface area (Å²) >= 11 is 1.56. The van der Waals surface area contributed by atoms with Gasteiger partial charge in [0.05, 0.1) is 11.6 Å². The first-order valence-corrected chi connectivity index (χ1v) is 11.7. The number of amides is 1. The van der Waals surface area contributed by atoms with Gasteiger partial charge in [-0.2, -0.15) is 0 Å². The van der Waals surface area contributed by atoms with Crippen LogP contribution in [-0.2, 0) is 0 Å². The topological polar surface area (TPSA) is 45.2 Å². The molecule has 3 fully saturated rings. The molecule has 1 aliphatic carbocycles. The molecule has 2 atom stereocenters. The van der Waals surface area contributed by atoms with Gasteiger partial charge in [0.25, 0.3) is 5.91 Å². The Hall–Kier alpha value is -2.73. The van der Waals surface area contributed by atoms with Crippen molar-refractivity contribution < 1.29 is 9.18 Å². The third-order valence-corrected chi connectivity index (χ3v) is 7.72. The van der Waals surface area contributed by atoms with Crippen LogP contribution in [0.1, 0.15) is 35.7 Å². The van der Waals surface area contributed by atoms with Crippen molar-refractivity contribution >= 4 is 22.9 Å². The predicted molar refractivity (Wildman–Crippen MR) is 123 cm³/mol. The third kappa shape index (κ3) is 3.74. The number of thiazole rings is 1. The fourth-order valence-corrected chi connectivity index (χ4v) is 5.71. The molecule has 6 rings (SSSR count). The van der Waals surface area contributed by atoms with Gasteiger partial charge in [-0.05, 0) is 61.9 Å². The van der Waals surface area contributed by atoms with Gasteiger partial charge < -0.3 is 10.2 Å². The third-order valence-electron chi connectivity index (χ3n) is 6.91. The standard InChI is InChI=1S/C25H26FN3OS/c1-15-3-8-21(24-27-9-10-31-24)22(11-15)25(30)29-20-12-17(13-20)16(2)23(29)14-28-19-6-4-18(26)5-7-19/h3-11,16-17,20,23,28H,12-14H2,1-2H3/t16-,17?,20?,23-/m1/s1. The number of halogens is 1. The van der Waals surface area contributed by atoms with E-state index in [1.54, 1.807) is 29.7 Å². The molecule has 0 unspecified atom stereocenters. The number of benzene rings is 2. The fourth-order valence-electron chi connectivity index (χ4n) is 5.03. The smallest absolute Gasteiger partial charge is 0.255 e. The van der Waals surface area contributed by atoms with Crippen molar-refractivity contribution in [3.05, 3.63) is 71.0 Å². The number of aromatic nitrogens is 1. The van der Waals surface area contributed by atoms with E-state index in [0.29, 0.717) is 24.4 Å². The first kappa shape index (κ1) is 20.2. The minimum absolute atomic E-state index is 0.0924. The summed E-state index contributed by atoms with van der Waals surface area (Å²) in [7, 11) is 0. The van der Waals surface area contributed by atoms with Gasteiger partial charge in [-0.15, -0.1) is 11.3 Å². The average Bonchev–Trinajstić information content (AvgIpc) is 3.27. The molecule has 6 heteroatoms. The van der Waals surface area contributed by atoms with E-state index >= 15 is 0 Å². The van der Waals surface area contributed by atoms with Crippen LogP contribution in [0.4, 0.5) is 10.1 Å². The Labute approximate surface area is 186 Å². The van der Waals surface area contributed by atoms with E-state index in [-0.39, 0.29) is 17.8 Å². The van der Waals surface area contributed by atoms with E-state index in [2.05, 4.69) is 22.1 Å². The normalized spacial score (nSPS) is 24.5. The van der Waals surface area contributed by atoms with Gasteiger partial charge in [0.2, 0.25) is 0 Å². The second kappa shape index (κ2) is 8.08. The zero-order valence-electron chi connectivity index (χ0n) is 17.7. The van der Waals surface area contributed by atoms with Crippen LogP contribution < -0.4 is 5.32 Å². The minimum atomic E-state index is -0.246. The van der Waals surface area contributed by atoms with Crippen LogP contribution in [0, 0.1) is 24.6 Å². The van der Waals surface area contributed by atoms with Gasteiger partial charge in [0.15, 0.2) is 0 Å². The van der Waals surface area contributed by atoms with Gasteiger partial charge in [0, 0.05) is 35.4 Å². The zero-order valence-corrected chi connectivity index (χ0v) is 18.5. The van der Waals surface area contributed by atoms with Crippen molar-refractivity contribution in [1.29, 1.82) is 0 Å². The molecule has 2 aliphatic heterocycles. The van der Waals surface area contributed by atoms with Crippen LogP contribution in [0.5, 0.6) is 0 Å². The van der Waals surface area contributed by atoms with E-state index < -0.39 is 0 Å². The first-order valence-electron chi connectivity index (χ1n) is 10.8. The molecule has 4 nitrogen and oxygen atoms in total. The van der Waals surface area contributed by atoms with E-state index in [0.717, 1.165) is 40.2 Å². The molecule has 2 saturated heterocycles. The maximum atomic E-state index is 13.9. The number of aryl methyl sites for hydroxylation is 1. The predicted octanol–water partition coefficient (Wildman–Crippen LogP) is 5.61. The highest BCUT2D eigenvalue weighted by Crippen LogP contribution is 2.47. The molecule has 0 spiro atoms. The number of nitrogens with zero attached hydrogens (tertiary/aromatic N) is 2. The van der Waals surface area contributed by atoms with E-state index in [9.17, 15) is 9.18 Å². The SMILES string of the molecule is Cc1ccc(-c2nccs2)c(C(=O)N2C3CC(C3)[C@@H](C)[C@H]2CNc2ccc(F)cc2)c1. The molecule has 1 saturated carbocycles. The van der Waals surface area contributed by atoms with Crippen molar-refractivity contribution in [2.45, 2.75) is 38.8 Å². The molecule has 2 aromatic carbocycles. The summed E-state index contributed by atoms with van der Waals surface area (Å²) in [5.41, 5.74) is 3.59. The number of nitrogens with one attached hydrogen (secondary N) is 1. The maximum Gasteiger partial charge on any atom is 0.255 e. The van der Waals surface area contributed by atoms with E-state index in [1.165, 1.54) is 12.1 Å². The number of rotatable bonds is 5. The van der Waals surface area contributed by atoms with Gasteiger partial charge >= 0.3 is 0 Å². The summed E-state index contributed by atoms with van der Waals surface area (Å²) in [6, 6.07) is 12.9. The van der Waals surface area contributed by atoms with Crippen LogP contribution in [0.25, 0.3) is 10.6 Å². The minimum Gasteiger partial charge on any atom is -0.383 e. The molecule has 3 aliphatic rings. The summed E-state index contributed by atoms with van der Waals surface area (Å²) < 4.78 is 13.3. The lowest BCUT2D eigenvalue weighted by atomic mass is 9.64. The van der Waals surface area contributed by atoms with Gasteiger partial charge in [-0.1, -0.05) is 24.6 Å².